The average molecular weight is 312 g/mol. The molecule has 5 heteroatoms. The van der Waals surface area contributed by atoms with Gasteiger partial charge in [-0.2, -0.15) is 16.9 Å². The van der Waals surface area contributed by atoms with Crippen molar-refractivity contribution in [2.24, 2.45) is 0 Å². The first kappa shape index (κ1) is 11.5. The summed E-state index contributed by atoms with van der Waals surface area (Å²) in [4.78, 5) is 4.57. The van der Waals surface area contributed by atoms with Gasteiger partial charge in [-0.1, -0.05) is 6.42 Å². The summed E-state index contributed by atoms with van der Waals surface area (Å²) in [6.07, 6.45) is 7.00. The van der Waals surface area contributed by atoms with Crippen LogP contribution in [0.4, 0.5) is 0 Å². The minimum absolute atomic E-state index is 0.713. The molecule has 1 atom stereocenters. The standard InChI is InChI=1S/C12H14BrN3S/c13-9-4-5-12-14-11(15-16(12)8-9)7-10-3-1-2-6-17-10/h4-5,8,10H,1-3,6-7H2. The van der Waals surface area contributed by atoms with Gasteiger partial charge >= 0.3 is 0 Å². The minimum atomic E-state index is 0.713. The molecule has 1 aliphatic heterocycles. The quantitative estimate of drug-likeness (QED) is 0.852. The van der Waals surface area contributed by atoms with E-state index in [1.165, 1.54) is 25.0 Å². The lowest BCUT2D eigenvalue weighted by Crippen LogP contribution is -2.13. The van der Waals surface area contributed by atoms with E-state index in [0.717, 1.165) is 22.4 Å². The van der Waals surface area contributed by atoms with Gasteiger partial charge in [-0.25, -0.2) is 9.50 Å². The van der Waals surface area contributed by atoms with Crippen LogP contribution in [0.1, 0.15) is 25.1 Å². The molecule has 0 spiro atoms. The summed E-state index contributed by atoms with van der Waals surface area (Å²) >= 11 is 5.52. The predicted octanol–water partition coefficient (Wildman–Crippen LogP) is 3.32. The fraction of sp³-hybridized carbons (Fsp3) is 0.500. The van der Waals surface area contributed by atoms with Gasteiger partial charge in [0.25, 0.3) is 0 Å². The van der Waals surface area contributed by atoms with Crippen molar-refractivity contribution in [1.29, 1.82) is 0 Å². The van der Waals surface area contributed by atoms with Crippen LogP contribution in [-0.2, 0) is 6.42 Å². The van der Waals surface area contributed by atoms with Crippen LogP contribution in [0.15, 0.2) is 22.8 Å². The average Bonchev–Trinajstić information content (AvgIpc) is 2.71. The SMILES string of the molecule is Brc1ccc2nc(CC3CCCCS3)nn2c1. The van der Waals surface area contributed by atoms with E-state index in [9.17, 15) is 0 Å². The van der Waals surface area contributed by atoms with E-state index in [2.05, 4.69) is 37.8 Å². The molecule has 90 valence electrons. The molecule has 0 radical (unpaired) electrons. The Kier molecular flexibility index (Phi) is 3.38. The molecule has 1 unspecified atom stereocenters. The second-order valence-corrected chi connectivity index (χ2v) is 6.69. The molecule has 2 aromatic rings. The van der Waals surface area contributed by atoms with Crippen LogP contribution in [0.25, 0.3) is 5.65 Å². The van der Waals surface area contributed by atoms with Crippen molar-refractivity contribution in [3.05, 3.63) is 28.6 Å². The lowest BCUT2D eigenvalue weighted by atomic mass is 10.1. The van der Waals surface area contributed by atoms with E-state index < -0.39 is 0 Å². The van der Waals surface area contributed by atoms with Crippen LogP contribution < -0.4 is 0 Å². The summed E-state index contributed by atoms with van der Waals surface area (Å²) in [7, 11) is 0. The van der Waals surface area contributed by atoms with Crippen LogP contribution in [0, 0.1) is 0 Å². The molecule has 0 aliphatic carbocycles. The number of pyridine rings is 1. The monoisotopic (exact) mass is 311 g/mol. The zero-order valence-electron chi connectivity index (χ0n) is 9.47. The Balaban J connectivity index is 1.80. The first-order valence-corrected chi connectivity index (χ1v) is 7.78. The zero-order chi connectivity index (χ0) is 11.7. The molecule has 3 heterocycles. The van der Waals surface area contributed by atoms with Gasteiger partial charge in [0, 0.05) is 22.3 Å². The molecule has 1 saturated heterocycles. The Hall–Kier alpha value is -0.550. The van der Waals surface area contributed by atoms with Crippen molar-refractivity contribution in [2.75, 3.05) is 5.75 Å². The highest BCUT2D eigenvalue weighted by Crippen LogP contribution is 2.27. The zero-order valence-corrected chi connectivity index (χ0v) is 11.9. The lowest BCUT2D eigenvalue weighted by molar-refractivity contribution is 0.647. The third kappa shape index (κ3) is 2.65. The summed E-state index contributed by atoms with van der Waals surface area (Å²) in [6, 6.07) is 4.00. The first-order valence-electron chi connectivity index (χ1n) is 5.94. The van der Waals surface area contributed by atoms with Gasteiger partial charge in [0.15, 0.2) is 11.5 Å². The molecule has 0 amide bonds. The number of thioether (sulfide) groups is 1. The minimum Gasteiger partial charge on any atom is -0.220 e. The second-order valence-electron chi connectivity index (χ2n) is 4.37. The van der Waals surface area contributed by atoms with E-state index in [0.29, 0.717) is 5.25 Å². The number of hydrogen-bond acceptors (Lipinski definition) is 3. The maximum Gasteiger partial charge on any atom is 0.155 e. The summed E-state index contributed by atoms with van der Waals surface area (Å²) < 4.78 is 2.89. The van der Waals surface area contributed by atoms with Crippen molar-refractivity contribution in [2.45, 2.75) is 30.9 Å². The largest absolute Gasteiger partial charge is 0.220 e. The highest BCUT2D eigenvalue weighted by molar-refractivity contribution is 9.10. The number of halogens is 1. The fourth-order valence-electron chi connectivity index (χ4n) is 2.16. The molecule has 0 saturated carbocycles. The van der Waals surface area contributed by atoms with E-state index in [1.807, 2.05) is 22.8 Å². The molecule has 0 N–H and O–H groups in total. The van der Waals surface area contributed by atoms with Crippen LogP contribution >= 0.6 is 27.7 Å². The molecule has 3 nitrogen and oxygen atoms in total. The van der Waals surface area contributed by atoms with Crippen LogP contribution in [0.5, 0.6) is 0 Å². The van der Waals surface area contributed by atoms with Crippen molar-refractivity contribution in [3.63, 3.8) is 0 Å². The smallest absolute Gasteiger partial charge is 0.155 e. The number of rotatable bonds is 2. The molecule has 0 bridgehead atoms. The van der Waals surface area contributed by atoms with Crippen molar-refractivity contribution in [1.82, 2.24) is 14.6 Å². The maximum absolute atomic E-state index is 4.57. The number of aromatic nitrogens is 3. The van der Waals surface area contributed by atoms with Crippen molar-refractivity contribution < 1.29 is 0 Å². The fourth-order valence-corrected chi connectivity index (χ4v) is 3.79. The number of nitrogens with zero attached hydrogens (tertiary/aromatic N) is 3. The van der Waals surface area contributed by atoms with E-state index in [-0.39, 0.29) is 0 Å². The summed E-state index contributed by atoms with van der Waals surface area (Å²) in [6.45, 7) is 0. The Morgan fingerprint density at radius 3 is 3.18 bits per heavy atom. The van der Waals surface area contributed by atoms with Gasteiger partial charge in [0.2, 0.25) is 0 Å². The molecule has 0 aromatic carbocycles. The van der Waals surface area contributed by atoms with Gasteiger partial charge in [-0.15, -0.1) is 0 Å². The van der Waals surface area contributed by atoms with E-state index in [1.54, 1.807) is 0 Å². The van der Waals surface area contributed by atoms with Gasteiger partial charge in [0.1, 0.15) is 0 Å². The highest BCUT2D eigenvalue weighted by atomic mass is 79.9. The Morgan fingerprint density at radius 1 is 1.41 bits per heavy atom. The number of fused-ring (bicyclic) bond motifs is 1. The third-order valence-electron chi connectivity index (χ3n) is 3.02. The third-order valence-corrected chi connectivity index (χ3v) is 4.89. The molecular weight excluding hydrogens is 298 g/mol. The summed E-state index contributed by atoms with van der Waals surface area (Å²) in [5, 5.41) is 5.24. The second kappa shape index (κ2) is 4.98. The lowest BCUT2D eigenvalue weighted by Gasteiger charge is -2.19. The van der Waals surface area contributed by atoms with Crippen LogP contribution in [0.3, 0.4) is 0 Å². The van der Waals surface area contributed by atoms with Crippen molar-refractivity contribution in [3.8, 4) is 0 Å². The predicted molar refractivity (Wildman–Crippen MR) is 74.5 cm³/mol. The van der Waals surface area contributed by atoms with E-state index in [4.69, 9.17) is 0 Å². The molecular formula is C12H14BrN3S. The first-order chi connectivity index (χ1) is 8.31. The molecule has 1 aliphatic rings. The Labute approximate surface area is 113 Å². The molecule has 1 fully saturated rings. The van der Waals surface area contributed by atoms with Crippen LogP contribution in [0.2, 0.25) is 0 Å². The summed E-state index contributed by atoms with van der Waals surface area (Å²) in [5.74, 6) is 2.27. The number of hydrogen-bond donors (Lipinski definition) is 0. The van der Waals surface area contributed by atoms with Gasteiger partial charge in [-0.05, 0) is 46.7 Å². The van der Waals surface area contributed by atoms with E-state index >= 15 is 0 Å². The Bertz CT molecular complexity index is 519. The van der Waals surface area contributed by atoms with Crippen LogP contribution in [-0.4, -0.2) is 25.6 Å². The van der Waals surface area contributed by atoms with Gasteiger partial charge in [0.05, 0.1) is 0 Å². The Morgan fingerprint density at radius 2 is 2.35 bits per heavy atom. The van der Waals surface area contributed by atoms with Gasteiger partial charge in [-0.3, -0.25) is 0 Å². The normalized spacial score (nSPS) is 20.9. The topological polar surface area (TPSA) is 30.2 Å². The summed E-state index contributed by atoms with van der Waals surface area (Å²) in [5.41, 5.74) is 0.934. The van der Waals surface area contributed by atoms with Crippen molar-refractivity contribution >= 4 is 33.3 Å². The highest BCUT2D eigenvalue weighted by Gasteiger charge is 2.16. The molecule has 2 aromatic heterocycles. The maximum atomic E-state index is 4.57. The molecule has 17 heavy (non-hydrogen) atoms. The van der Waals surface area contributed by atoms with Gasteiger partial charge < -0.3 is 0 Å². The molecule has 3 rings (SSSR count).